The van der Waals surface area contributed by atoms with Crippen LogP contribution < -0.4 is 0 Å². The third-order valence-electron chi connectivity index (χ3n) is 4.07. The minimum Gasteiger partial charge on any atom is -0.341 e. The van der Waals surface area contributed by atoms with Gasteiger partial charge < -0.3 is 4.90 Å². The molecule has 25 heavy (non-hydrogen) atoms. The van der Waals surface area contributed by atoms with Crippen LogP contribution in [-0.2, 0) is 11.3 Å². The van der Waals surface area contributed by atoms with E-state index in [0.29, 0.717) is 15.8 Å². The van der Waals surface area contributed by atoms with Crippen molar-refractivity contribution in [3.05, 3.63) is 69.4 Å². The van der Waals surface area contributed by atoms with Gasteiger partial charge in [0.25, 0.3) is 0 Å². The molecule has 128 valence electrons. The fraction of sp³-hybridized carbons (Fsp3) is 0.200. The molecule has 0 atom stereocenters. The SMILES string of the molecule is CN(Cc1ccc2ccccc2c1)C(=O)CCC(=O)c1ccc(Cl)s1. The number of amides is 1. The van der Waals surface area contributed by atoms with Gasteiger partial charge in [-0.25, -0.2) is 0 Å². The molecule has 3 nitrogen and oxygen atoms in total. The lowest BCUT2D eigenvalue weighted by molar-refractivity contribution is -0.130. The lowest BCUT2D eigenvalue weighted by Crippen LogP contribution is -2.26. The Morgan fingerprint density at radius 1 is 1.00 bits per heavy atom. The summed E-state index contributed by atoms with van der Waals surface area (Å²) in [6, 6.07) is 17.7. The highest BCUT2D eigenvalue weighted by atomic mass is 35.5. The van der Waals surface area contributed by atoms with E-state index in [0.717, 1.165) is 10.9 Å². The summed E-state index contributed by atoms with van der Waals surface area (Å²) in [6.07, 6.45) is 0.413. The van der Waals surface area contributed by atoms with Crippen molar-refractivity contribution in [1.82, 2.24) is 4.90 Å². The summed E-state index contributed by atoms with van der Waals surface area (Å²) < 4.78 is 0.586. The highest BCUT2D eigenvalue weighted by Gasteiger charge is 2.14. The molecule has 0 bridgehead atoms. The molecule has 0 N–H and O–H groups in total. The monoisotopic (exact) mass is 371 g/mol. The van der Waals surface area contributed by atoms with Crippen LogP contribution in [0, 0.1) is 0 Å². The first-order valence-corrected chi connectivity index (χ1v) is 9.22. The second-order valence-electron chi connectivity index (χ2n) is 5.96. The largest absolute Gasteiger partial charge is 0.341 e. The molecular weight excluding hydrogens is 354 g/mol. The Hall–Kier alpha value is -2.17. The van der Waals surface area contributed by atoms with E-state index in [9.17, 15) is 9.59 Å². The number of thiophene rings is 1. The van der Waals surface area contributed by atoms with Gasteiger partial charge in [-0.15, -0.1) is 11.3 Å². The van der Waals surface area contributed by atoms with Crippen LogP contribution in [0.25, 0.3) is 10.8 Å². The maximum Gasteiger partial charge on any atom is 0.223 e. The van der Waals surface area contributed by atoms with Gasteiger partial charge in [0, 0.05) is 26.4 Å². The Bertz CT molecular complexity index is 919. The number of Topliss-reactive ketones (excluding diaryl/α,β-unsaturated/α-hetero) is 1. The van der Waals surface area contributed by atoms with Crippen LogP contribution >= 0.6 is 22.9 Å². The van der Waals surface area contributed by atoms with Crippen LogP contribution in [0.5, 0.6) is 0 Å². The summed E-state index contributed by atoms with van der Waals surface area (Å²) in [5.41, 5.74) is 1.07. The molecule has 0 fully saturated rings. The predicted octanol–water partition coefficient (Wildman–Crippen LogP) is 5.18. The van der Waals surface area contributed by atoms with Gasteiger partial charge in [0.1, 0.15) is 0 Å². The van der Waals surface area contributed by atoms with Crippen LogP contribution in [0.15, 0.2) is 54.6 Å². The topological polar surface area (TPSA) is 37.4 Å². The van der Waals surface area contributed by atoms with Crippen LogP contribution in [0.1, 0.15) is 28.1 Å². The Balaban J connectivity index is 1.57. The lowest BCUT2D eigenvalue weighted by atomic mass is 10.1. The van der Waals surface area contributed by atoms with E-state index in [1.807, 2.05) is 18.2 Å². The molecule has 0 aliphatic rings. The molecule has 0 unspecified atom stereocenters. The van der Waals surface area contributed by atoms with Gasteiger partial charge in [0.15, 0.2) is 5.78 Å². The zero-order chi connectivity index (χ0) is 17.8. The Morgan fingerprint density at radius 2 is 1.76 bits per heavy atom. The van der Waals surface area contributed by atoms with E-state index >= 15 is 0 Å². The minimum atomic E-state index is -0.0378. The first-order valence-electron chi connectivity index (χ1n) is 8.03. The average Bonchev–Trinajstić information content (AvgIpc) is 3.05. The van der Waals surface area contributed by atoms with Gasteiger partial charge >= 0.3 is 0 Å². The Kier molecular flexibility index (Phi) is 5.51. The molecule has 5 heteroatoms. The number of halogens is 1. The summed E-state index contributed by atoms with van der Waals surface area (Å²) in [5.74, 6) is -0.0754. The molecule has 3 aromatic rings. The van der Waals surface area contributed by atoms with Crippen LogP contribution in [-0.4, -0.2) is 23.6 Å². The van der Waals surface area contributed by atoms with Crippen molar-refractivity contribution in [2.75, 3.05) is 7.05 Å². The summed E-state index contributed by atoms with van der Waals surface area (Å²) in [7, 11) is 1.77. The van der Waals surface area contributed by atoms with Crippen LogP contribution in [0.2, 0.25) is 4.34 Å². The zero-order valence-electron chi connectivity index (χ0n) is 13.9. The normalized spacial score (nSPS) is 10.8. The number of fused-ring (bicyclic) bond motifs is 1. The molecule has 1 amide bonds. The lowest BCUT2D eigenvalue weighted by Gasteiger charge is -2.17. The maximum atomic E-state index is 12.3. The smallest absolute Gasteiger partial charge is 0.223 e. The van der Waals surface area contributed by atoms with Crippen molar-refractivity contribution < 1.29 is 9.59 Å². The van der Waals surface area contributed by atoms with Crippen LogP contribution in [0.3, 0.4) is 0 Å². The fourth-order valence-electron chi connectivity index (χ4n) is 2.70. The third-order valence-corrected chi connectivity index (χ3v) is 5.35. The molecule has 0 saturated heterocycles. The highest BCUT2D eigenvalue weighted by Crippen LogP contribution is 2.23. The summed E-state index contributed by atoms with van der Waals surface area (Å²) in [4.78, 5) is 26.6. The Labute approximate surface area is 155 Å². The van der Waals surface area contributed by atoms with Gasteiger partial charge in [0.05, 0.1) is 9.21 Å². The number of carbonyl (C=O) groups excluding carboxylic acids is 2. The molecule has 0 radical (unpaired) electrons. The quantitative estimate of drug-likeness (QED) is 0.560. The number of ketones is 1. The van der Waals surface area contributed by atoms with E-state index in [4.69, 9.17) is 11.6 Å². The molecule has 0 saturated carbocycles. The van der Waals surface area contributed by atoms with Crippen molar-refractivity contribution in [2.24, 2.45) is 0 Å². The van der Waals surface area contributed by atoms with Crippen molar-refractivity contribution in [1.29, 1.82) is 0 Å². The number of rotatable bonds is 6. The summed E-state index contributed by atoms with van der Waals surface area (Å²) in [5, 5.41) is 2.34. The fourth-order valence-corrected chi connectivity index (χ4v) is 3.71. The van der Waals surface area contributed by atoms with Gasteiger partial charge in [-0.2, -0.15) is 0 Å². The molecular formula is C20H18ClNO2S. The highest BCUT2D eigenvalue weighted by molar-refractivity contribution is 7.18. The van der Waals surface area contributed by atoms with Gasteiger partial charge in [-0.3, -0.25) is 9.59 Å². The first-order chi connectivity index (χ1) is 12.0. The Morgan fingerprint density at radius 3 is 2.48 bits per heavy atom. The molecule has 3 rings (SSSR count). The van der Waals surface area contributed by atoms with E-state index in [2.05, 4.69) is 24.3 Å². The van der Waals surface area contributed by atoms with Crippen molar-refractivity contribution in [2.45, 2.75) is 19.4 Å². The number of nitrogens with zero attached hydrogens (tertiary/aromatic N) is 1. The first kappa shape index (κ1) is 17.6. The summed E-state index contributed by atoms with van der Waals surface area (Å²) >= 11 is 7.09. The standard InChI is InChI=1S/C20H18ClNO2S/c1-22(13-14-6-7-15-4-2-3-5-16(15)12-14)20(24)11-8-17(23)18-9-10-19(21)25-18/h2-7,9-10,12H,8,11,13H2,1H3. The number of carbonyl (C=O) groups is 2. The summed E-state index contributed by atoms with van der Waals surface area (Å²) in [6.45, 7) is 0.530. The molecule has 2 aromatic carbocycles. The van der Waals surface area contributed by atoms with Crippen molar-refractivity contribution in [3.8, 4) is 0 Å². The maximum absolute atomic E-state index is 12.3. The minimum absolute atomic E-state index is 0.0376. The molecule has 0 aliphatic carbocycles. The molecule has 0 spiro atoms. The van der Waals surface area contributed by atoms with Crippen molar-refractivity contribution in [3.63, 3.8) is 0 Å². The van der Waals surface area contributed by atoms with Gasteiger partial charge in [0.2, 0.25) is 5.91 Å². The third kappa shape index (κ3) is 4.47. The van der Waals surface area contributed by atoms with Crippen LogP contribution in [0.4, 0.5) is 0 Å². The van der Waals surface area contributed by atoms with E-state index in [1.54, 1.807) is 24.1 Å². The zero-order valence-corrected chi connectivity index (χ0v) is 15.4. The van der Waals surface area contributed by atoms with E-state index in [1.165, 1.54) is 16.7 Å². The number of hydrogen-bond donors (Lipinski definition) is 0. The van der Waals surface area contributed by atoms with Gasteiger partial charge in [-0.05, 0) is 34.5 Å². The predicted molar refractivity (Wildman–Crippen MR) is 103 cm³/mol. The molecule has 1 aromatic heterocycles. The number of benzene rings is 2. The number of hydrogen-bond acceptors (Lipinski definition) is 3. The van der Waals surface area contributed by atoms with Gasteiger partial charge in [-0.1, -0.05) is 48.0 Å². The second kappa shape index (κ2) is 7.81. The van der Waals surface area contributed by atoms with E-state index < -0.39 is 0 Å². The van der Waals surface area contributed by atoms with Crippen molar-refractivity contribution >= 4 is 45.4 Å². The second-order valence-corrected chi connectivity index (χ2v) is 7.67. The molecule has 1 heterocycles. The van der Waals surface area contributed by atoms with E-state index in [-0.39, 0.29) is 24.5 Å². The average molecular weight is 372 g/mol. The molecule has 0 aliphatic heterocycles.